The van der Waals surface area contributed by atoms with E-state index in [1.165, 1.54) is 17.2 Å². The molecule has 0 saturated carbocycles. The minimum absolute atomic E-state index is 0.0227. The third-order valence-corrected chi connectivity index (χ3v) is 7.18. The summed E-state index contributed by atoms with van der Waals surface area (Å²) in [7, 11) is 0. The molecule has 3 N–H and O–H groups in total. The topological polar surface area (TPSA) is 108 Å². The van der Waals surface area contributed by atoms with Crippen molar-refractivity contribution in [2.75, 3.05) is 0 Å². The molecule has 0 atom stereocenters. The van der Waals surface area contributed by atoms with Crippen molar-refractivity contribution < 1.29 is 24.5 Å². The van der Waals surface area contributed by atoms with Crippen LogP contribution in [0.15, 0.2) is 73.7 Å². The Morgan fingerprint density at radius 2 is 1.36 bits per heavy atom. The van der Waals surface area contributed by atoms with Gasteiger partial charge in [-0.2, -0.15) is 0 Å². The van der Waals surface area contributed by atoms with Gasteiger partial charge in [0.25, 0.3) is 0 Å². The van der Waals surface area contributed by atoms with Crippen molar-refractivity contribution in [2.45, 2.75) is 85.5 Å². The lowest BCUT2D eigenvalue weighted by Gasteiger charge is -2.34. The van der Waals surface area contributed by atoms with Crippen LogP contribution in [0.1, 0.15) is 91.4 Å². The van der Waals surface area contributed by atoms with Crippen LogP contribution in [0.4, 0.5) is 0 Å². The molecular weight excluding hydrogens is 492 g/mol. The highest BCUT2D eigenvalue weighted by atomic mass is 16.3. The van der Waals surface area contributed by atoms with Crippen LogP contribution < -0.4 is 5.43 Å². The molecule has 6 nitrogen and oxygen atoms in total. The van der Waals surface area contributed by atoms with E-state index in [9.17, 15) is 24.9 Å². The van der Waals surface area contributed by atoms with Gasteiger partial charge in [-0.25, -0.2) is 0 Å². The summed E-state index contributed by atoms with van der Waals surface area (Å²) < 4.78 is 5.93. The number of aliphatic hydroxyl groups excluding tert-OH is 1. The zero-order valence-electron chi connectivity index (χ0n) is 23.9. The maximum Gasteiger partial charge on any atom is 0.208 e. The molecule has 3 rings (SSSR count). The van der Waals surface area contributed by atoms with Crippen molar-refractivity contribution in [2.24, 2.45) is 0 Å². The van der Waals surface area contributed by atoms with E-state index in [1.807, 2.05) is 53.7 Å². The molecule has 0 bridgehead atoms. The molecule has 2 aromatic rings. The number of hydrogen-bond acceptors (Lipinski definition) is 6. The number of carbonyl (C=O) groups is 1. The van der Waals surface area contributed by atoms with Crippen LogP contribution >= 0.6 is 0 Å². The Morgan fingerprint density at radius 1 is 0.821 bits per heavy atom. The molecule has 0 fully saturated rings. The molecule has 208 valence electrons. The number of phenolic OH excluding ortho intramolecular Hbond substituents is 2. The zero-order chi connectivity index (χ0) is 28.9. The van der Waals surface area contributed by atoms with Crippen molar-refractivity contribution in [3.8, 4) is 11.5 Å². The second-order valence-electron chi connectivity index (χ2n) is 11.1. The molecule has 1 aliphatic carbocycles. The lowest BCUT2D eigenvalue weighted by molar-refractivity contribution is -0.123. The fourth-order valence-corrected chi connectivity index (χ4v) is 4.96. The van der Waals surface area contributed by atoms with Crippen LogP contribution in [0.25, 0.3) is 17.0 Å². The monoisotopic (exact) mass is 532 g/mol. The number of carbonyl (C=O) groups excluding carboxylic acids is 1. The first-order valence-corrected chi connectivity index (χ1v) is 13.4. The number of phenols is 2. The number of aliphatic hydroxyl groups is 1. The first kappa shape index (κ1) is 29.8. The predicted molar refractivity (Wildman–Crippen MR) is 157 cm³/mol. The molecule has 1 heterocycles. The van der Waals surface area contributed by atoms with Gasteiger partial charge < -0.3 is 19.7 Å². The summed E-state index contributed by atoms with van der Waals surface area (Å²) in [6.45, 7) is 12.2. The van der Waals surface area contributed by atoms with E-state index < -0.39 is 28.1 Å². The van der Waals surface area contributed by atoms with Gasteiger partial charge >= 0.3 is 0 Å². The average molecular weight is 533 g/mol. The fourth-order valence-electron chi connectivity index (χ4n) is 4.96. The maximum absolute atomic E-state index is 13.9. The summed E-state index contributed by atoms with van der Waals surface area (Å²) in [5, 5.41) is 31.1. The third kappa shape index (κ3) is 6.80. The number of hydrogen-bond donors (Lipinski definition) is 3. The third-order valence-electron chi connectivity index (χ3n) is 7.18. The zero-order valence-corrected chi connectivity index (χ0v) is 23.9. The van der Waals surface area contributed by atoms with Crippen LogP contribution in [-0.2, 0) is 10.2 Å². The van der Waals surface area contributed by atoms with Gasteiger partial charge in [-0.1, -0.05) is 46.6 Å². The highest BCUT2D eigenvalue weighted by molar-refractivity contribution is 6.08. The van der Waals surface area contributed by atoms with Crippen molar-refractivity contribution in [1.82, 2.24) is 0 Å². The molecule has 1 aromatic carbocycles. The summed E-state index contributed by atoms with van der Waals surface area (Å²) in [4.78, 5) is 27.7. The SMILES string of the molecule is CC(C)=CCC/C(C)=C/CC1(C/C=C(\C)CCC=C(C)C)C(=O)C(O)=Cc2oc3cc(O)cc(O)c3c(=O)c21. The van der Waals surface area contributed by atoms with Crippen molar-refractivity contribution in [3.63, 3.8) is 0 Å². The molecular formula is C33H40O6. The summed E-state index contributed by atoms with van der Waals surface area (Å²) in [6.07, 6.45) is 13.1. The number of rotatable bonds is 10. The molecule has 0 aliphatic heterocycles. The number of allylic oxidation sites excluding steroid dienone is 9. The molecule has 39 heavy (non-hydrogen) atoms. The molecule has 0 spiro atoms. The minimum Gasteiger partial charge on any atom is -0.508 e. The lowest BCUT2D eigenvalue weighted by Crippen LogP contribution is -2.43. The van der Waals surface area contributed by atoms with E-state index in [4.69, 9.17) is 4.42 Å². The van der Waals surface area contributed by atoms with E-state index in [1.54, 1.807) is 0 Å². The van der Waals surface area contributed by atoms with E-state index in [0.29, 0.717) is 0 Å². The minimum atomic E-state index is -1.41. The van der Waals surface area contributed by atoms with Crippen molar-refractivity contribution >= 4 is 22.8 Å². The molecule has 0 unspecified atom stereocenters. The van der Waals surface area contributed by atoms with E-state index >= 15 is 0 Å². The molecule has 6 heteroatoms. The molecule has 1 aromatic heterocycles. The molecule has 0 amide bonds. The summed E-state index contributed by atoms with van der Waals surface area (Å²) in [6, 6.07) is 2.31. The Bertz CT molecular complexity index is 1430. The van der Waals surface area contributed by atoms with Gasteiger partial charge in [0.1, 0.15) is 28.2 Å². The molecule has 0 radical (unpaired) electrons. The Kier molecular flexibility index (Phi) is 9.44. The second-order valence-corrected chi connectivity index (χ2v) is 11.1. The standard InChI is InChI=1S/C33H40O6/c1-20(2)9-7-11-22(5)13-15-33(16-14-23(6)12-8-10-21(3)4)30-28(19-26(36)32(33)38)39-27-18-24(34)17-25(35)29(27)31(30)37/h9-10,13-14,17-19,34-36H,7-8,11-12,15-16H2,1-6H3/b22-13+,23-14+. The largest absolute Gasteiger partial charge is 0.508 e. The Labute approximate surface area is 230 Å². The maximum atomic E-state index is 13.9. The van der Waals surface area contributed by atoms with Gasteiger partial charge in [-0.3, -0.25) is 9.59 Å². The summed E-state index contributed by atoms with van der Waals surface area (Å²) in [5.41, 5.74) is 2.72. The van der Waals surface area contributed by atoms with Crippen LogP contribution in [0.5, 0.6) is 11.5 Å². The lowest BCUT2D eigenvalue weighted by atomic mass is 9.67. The normalized spacial score (nSPS) is 17.6. The summed E-state index contributed by atoms with van der Waals surface area (Å²) >= 11 is 0. The second kappa shape index (κ2) is 12.4. The Morgan fingerprint density at radius 3 is 1.87 bits per heavy atom. The smallest absolute Gasteiger partial charge is 0.208 e. The fraction of sp³-hybridized carbons (Fsp3) is 0.394. The number of benzene rings is 1. The van der Waals surface area contributed by atoms with Gasteiger partial charge in [0, 0.05) is 18.2 Å². The molecule has 1 aliphatic rings. The quantitative estimate of drug-likeness (QED) is 0.267. The Hall–Kier alpha value is -3.80. The number of fused-ring (bicyclic) bond motifs is 2. The highest BCUT2D eigenvalue weighted by Crippen LogP contribution is 2.43. The van der Waals surface area contributed by atoms with E-state index in [-0.39, 0.29) is 40.9 Å². The van der Waals surface area contributed by atoms with Gasteiger partial charge in [-0.15, -0.1) is 0 Å². The van der Waals surface area contributed by atoms with E-state index in [2.05, 4.69) is 12.2 Å². The van der Waals surface area contributed by atoms with Crippen LogP contribution in [0.2, 0.25) is 0 Å². The molecule has 0 saturated heterocycles. The van der Waals surface area contributed by atoms with Crippen molar-refractivity contribution in [3.05, 3.63) is 86.0 Å². The van der Waals surface area contributed by atoms with Crippen LogP contribution in [0, 0.1) is 0 Å². The van der Waals surface area contributed by atoms with Gasteiger partial charge in [0.2, 0.25) is 11.2 Å². The van der Waals surface area contributed by atoms with Gasteiger partial charge in [0.15, 0.2) is 5.76 Å². The first-order valence-electron chi connectivity index (χ1n) is 13.4. The van der Waals surface area contributed by atoms with Crippen LogP contribution in [-0.4, -0.2) is 21.1 Å². The first-order chi connectivity index (χ1) is 18.4. The van der Waals surface area contributed by atoms with E-state index in [0.717, 1.165) is 49.0 Å². The van der Waals surface area contributed by atoms with Crippen LogP contribution in [0.3, 0.4) is 0 Å². The predicted octanol–water partition coefficient (Wildman–Crippen LogP) is 8.09. The number of aromatic hydroxyl groups is 2. The highest BCUT2D eigenvalue weighted by Gasteiger charge is 2.47. The number of ketones is 1. The van der Waals surface area contributed by atoms with Gasteiger partial charge in [0.05, 0.1) is 11.0 Å². The van der Waals surface area contributed by atoms with Gasteiger partial charge in [-0.05, 0) is 80.1 Å². The number of Topliss-reactive ketones (excluding diaryl/α,β-unsaturated/α-hetero) is 1. The Balaban J connectivity index is 2.20. The van der Waals surface area contributed by atoms with Crippen molar-refractivity contribution in [1.29, 1.82) is 0 Å². The summed E-state index contributed by atoms with van der Waals surface area (Å²) in [5.74, 6) is -1.68. The average Bonchev–Trinajstić information content (AvgIpc) is 2.83.